The first-order valence-electron chi connectivity index (χ1n) is 7.03. The summed E-state index contributed by atoms with van der Waals surface area (Å²) in [6.45, 7) is 1.93. The van der Waals surface area contributed by atoms with Crippen molar-refractivity contribution in [1.82, 2.24) is 20.2 Å². The van der Waals surface area contributed by atoms with E-state index in [0.29, 0.717) is 18.4 Å². The lowest BCUT2D eigenvalue weighted by Crippen LogP contribution is -2.21. The van der Waals surface area contributed by atoms with Crippen LogP contribution in [0.1, 0.15) is 37.8 Å². The number of hydrogen-bond donors (Lipinski definition) is 1. The highest BCUT2D eigenvalue weighted by atomic mass is 19.4. The van der Waals surface area contributed by atoms with Crippen molar-refractivity contribution in [3.63, 3.8) is 0 Å². The Labute approximate surface area is 129 Å². The monoisotopic (exact) mass is 328 g/mol. The van der Waals surface area contributed by atoms with E-state index in [9.17, 15) is 23.1 Å². The summed E-state index contributed by atoms with van der Waals surface area (Å²) in [5.41, 5.74) is -0.466. The average Bonchev–Trinajstić information content (AvgIpc) is 2.96. The summed E-state index contributed by atoms with van der Waals surface area (Å²) < 4.78 is 38.9. The van der Waals surface area contributed by atoms with Gasteiger partial charge < -0.3 is 5.11 Å². The summed E-state index contributed by atoms with van der Waals surface area (Å²) in [5, 5.41) is 20.2. The molecule has 0 amide bonds. The predicted octanol–water partition coefficient (Wildman–Crippen LogP) is 3.17. The van der Waals surface area contributed by atoms with E-state index < -0.39 is 23.8 Å². The van der Waals surface area contributed by atoms with E-state index in [2.05, 4.69) is 15.5 Å². The summed E-state index contributed by atoms with van der Waals surface area (Å²) in [6, 6.07) is 3.32. The molecule has 1 aromatic carbocycles. The number of alkyl halides is 3. The first-order chi connectivity index (χ1) is 10.8. The molecular formula is C14H15F3N4O2. The minimum atomic E-state index is -4.44. The summed E-state index contributed by atoms with van der Waals surface area (Å²) in [5.74, 6) is -0.957. The number of aliphatic carboxylic acids is 1. The van der Waals surface area contributed by atoms with Gasteiger partial charge in [0.15, 0.2) is 11.9 Å². The molecule has 0 radical (unpaired) electrons. The first kappa shape index (κ1) is 16.9. The first-order valence-corrected chi connectivity index (χ1v) is 7.03. The highest BCUT2D eigenvalue weighted by molar-refractivity contribution is 5.72. The summed E-state index contributed by atoms with van der Waals surface area (Å²) in [6.07, 6.45) is -2.62. The molecule has 1 unspecified atom stereocenters. The summed E-state index contributed by atoms with van der Waals surface area (Å²) in [4.78, 5) is 11.4. The zero-order chi connectivity index (χ0) is 17.0. The summed E-state index contributed by atoms with van der Waals surface area (Å²) >= 11 is 0. The van der Waals surface area contributed by atoms with E-state index in [1.165, 1.54) is 12.1 Å². The molecular weight excluding hydrogens is 313 g/mol. The van der Waals surface area contributed by atoms with E-state index in [-0.39, 0.29) is 5.82 Å². The van der Waals surface area contributed by atoms with Crippen LogP contribution in [-0.2, 0) is 11.0 Å². The van der Waals surface area contributed by atoms with Gasteiger partial charge in [-0.05, 0) is 29.0 Å². The maximum Gasteiger partial charge on any atom is 0.416 e. The highest BCUT2D eigenvalue weighted by Crippen LogP contribution is 2.31. The molecule has 2 aromatic rings. The van der Waals surface area contributed by atoms with Gasteiger partial charge in [-0.25, -0.2) is 9.48 Å². The van der Waals surface area contributed by atoms with Crippen molar-refractivity contribution < 1.29 is 23.1 Å². The van der Waals surface area contributed by atoms with E-state index in [0.717, 1.165) is 23.2 Å². The van der Waals surface area contributed by atoms with E-state index in [1.807, 2.05) is 6.92 Å². The number of hydrogen-bond acceptors (Lipinski definition) is 4. The molecule has 2 rings (SSSR count). The van der Waals surface area contributed by atoms with Crippen LogP contribution < -0.4 is 0 Å². The topological polar surface area (TPSA) is 80.9 Å². The lowest BCUT2D eigenvalue weighted by Gasteiger charge is -2.14. The van der Waals surface area contributed by atoms with E-state index >= 15 is 0 Å². The van der Waals surface area contributed by atoms with Gasteiger partial charge in [-0.1, -0.05) is 31.9 Å². The predicted molar refractivity (Wildman–Crippen MR) is 74.5 cm³/mol. The van der Waals surface area contributed by atoms with Gasteiger partial charge in [0.2, 0.25) is 0 Å². The van der Waals surface area contributed by atoms with Gasteiger partial charge in [0, 0.05) is 5.56 Å². The maximum atomic E-state index is 12.6. The lowest BCUT2D eigenvalue weighted by molar-refractivity contribution is -0.141. The Bertz CT molecular complexity index is 667. The molecule has 0 aliphatic carbocycles. The van der Waals surface area contributed by atoms with Gasteiger partial charge in [-0.2, -0.15) is 13.2 Å². The van der Waals surface area contributed by atoms with Crippen molar-refractivity contribution in [3.05, 3.63) is 29.8 Å². The van der Waals surface area contributed by atoms with Gasteiger partial charge in [0.1, 0.15) is 0 Å². The van der Waals surface area contributed by atoms with Crippen molar-refractivity contribution in [2.24, 2.45) is 0 Å². The fraction of sp³-hybridized carbons (Fsp3) is 0.429. The van der Waals surface area contributed by atoms with Gasteiger partial charge in [-0.15, -0.1) is 5.10 Å². The van der Waals surface area contributed by atoms with Crippen molar-refractivity contribution in [2.45, 2.75) is 38.4 Å². The van der Waals surface area contributed by atoms with Crippen LogP contribution in [0.15, 0.2) is 24.3 Å². The number of unbranched alkanes of at least 4 members (excludes halogenated alkanes) is 1. The molecule has 0 bridgehead atoms. The Balaban J connectivity index is 2.34. The minimum absolute atomic E-state index is 0.127. The van der Waals surface area contributed by atoms with Gasteiger partial charge >= 0.3 is 12.1 Å². The number of carboxylic acid groups (broad SMARTS) is 1. The molecule has 23 heavy (non-hydrogen) atoms. The number of carbonyl (C=O) groups is 1. The van der Waals surface area contributed by atoms with Crippen molar-refractivity contribution in [1.29, 1.82) is 0 Å². The molecule has 0 saturated heterocycles. The number of rotatable bonds is 6. The SMILES string of the molecule is CCCCC(C(=O)O)n1nnnc1-c1ccc(C(F)(F)F)cc1. The van der Waals surface area contributed by atoms with Crippen LogP contribution in [0.25, 0.3) is 11.4 Å². The molecule has 1 heterocycles. The second kappa shape index (κ2) is 6.76. The molecule has 1 atom stereocenters. The molecule has 1 N–H and O–H groups in total. The standard InChI is InChI=1S/C14H15F3N4O2/c1-2-3-4-11(13(22)23)21-12(18-19-20-21)9-5-7-10(8-6-9)14(15,16)17/h5-8,11H,2-4H2,1H3,(H,22,23). The van der Waals surface area contributed by atoms with E-state index in [4.69, 9.17) is 0 Å². The molecule has 1 aromatic heterocycles. The third-order valence-electron chi connectivity index (χ3n) is 3.37. The van der Waals surface area contributed by atoms with Crippen LogP contribution >= 0.6 is 0 Å². The summed E-state index contributed by atoms with van der Waals surface area (Å²) in [7, 11) is 0. The molecule has 6 nitrogen and oxygen atoms in total. The van der Waals surface area contributed by atoms with Crippen LogP contribution in [-0.4, -0.2) is 31.3 Å². The Kier molecular flexibility index (Phi) is 4.97. The highest BCUT2D eigenvalue weighted by Gasteiger charge is 2.30. The third kappa shape index (κ3) is 3.85. The number of carboxylic acids is 1. The van der Waals surface area contributed by atoms with Crippen LogP contribution in [0.3, 0.4) is 0 Å². The normalized spacial score (nSPS) is 13.0. The molecule has 0 fully saturated rings. The second-order valence-electron chi connectivity index (χ2n) is 5.02. The number of tetrazole rings is 1. The van der Waals surface area contributed by atoms with Crippen molar-refractivity contribution >= 4 is 5.97 Å². The van der Waals surface area contributed by atoms with E-state index in [1.54, 1.807) is 0 Å². The quantitative estimate of drug-likeness (QED) is 0.881. The minimum Gasteiger partial charge on any atom is -0.480 e. The Morgan fingerprint density at radius 3 is 2.48 bits per heavy atom. The molecule has 0 aliphatic rings. The van der Waals surface area contributed by atoms with Crippen LogP contribution in [0, 0.1) is 0 Å². The maximum absolute atomic E-state index is 12.6. The third-order valence-corrected chi connectivity index (χ3v) is 3.37. The number of aromatic nitrogens is 4. The average molecular weight is 328 g/mol. The van der Waals surface area contributed by atoms with Crippen LogP contribution in [0.4, 0.5) is 13.2 Å². The van der Waals surface area contributed by atoms with Crippen LogP contribution in [0.5, 0.6) is 0 Å². The van der Waals surface area contributed by atoms with Crippen molar-refractivity contribution in [3.8, 4) is 11.4 Å². The Morgan fingerprint density at radius 2 is 1.96 bits per heavy atom. The molecule has 0 spiro atoms. The molecule has 0 saturated carbocycles. The van der Waals surface area contributed by atoms with Crippen molar-refractivity contribution in [2.75, 3.05) is 0 Å². The smallest absolute Gasteiger partial charge is 0.416 e. The largest absolute Gasteiger partial charge is 0.480 e. The Morgan fingerprint density at radius 1 is 1.30 bits per heavy atom. The van der Waals surface area contributed by atoms with Crippen LogP contribution in [0.2, 0.25) is 0 Å². The zero-order valence-corrected chi connectivity index (χ0v) is 12.3. The van der Waals surface area contributed by atoms with Gasteiger partial charge in [0.05, 0.1) is 5.56 Å². The number of benzene rings is 1. The van der Waals surface area contributed by atoms with Gasteiger partial charge in [-0.3, -0.25) is 0 Å². The van der Waals surface area contributed by atoms with Gasteiger partial charge in [0.25, 0.3) is 0 Å². The number of nitrogens with zero attached hydrogens (tertiary/aromatic N) is 4. The second-order valence-corrected chi connectivity index (χ2v) is 5.02. The molecule has 9 heteroatoms. The fourth-order valence-electron chi connectivity index (χ4n) is 2.15. The fourth-order valence-corrected chi connectivity index (χ4v) is 2.15. The molecule has 0 aliphatic heterocycles. The molecule has 124 valence electrons. The lowest BCUT2D eigenvalue weighted by atomic mass is 10.1. The number of halogens is 3. The zero-order valence-electron chi connectivity index (χ0n) is 12.3. The Hall–Kier alpha value is -2.45.